The number of ether oxygens (including phenoxy) is 4. The van der Waals surface area contributed by atoms with Crippen LogP contribution >= 0.6 is 0 Å². The molecule has 2 rings (SSSR count). The smallest absolute Gasteiger partial charge is 0.220 e. The summed E-state index contributed by atoms with van der Waals surface area (Å²) in [6.45, 7) is 2.70. The fourth-order valence-electron chi connectivity index (χ4n) is 9.12. The zero-order chi connectivity index (χ0) is 49.6. The molecule has 0 aliphatic carbocycles. The number of carbonyl (C=O) groups is 1. The van der Waals surface area contributed by atoms with Crippen molar-refractivity contribution < 1.29 is 64.6 Å². The number of nitrogens with one attached hydrogen (secondary N) is 1. The van der Waals surface area contributed by atoms with Crippen molar-refractivity contribution in [2.75, 3.05) is 19.8 Å². The molecule has 1 amide bonds. The third-order valence-electron chi connectivity index (χ3n) is 13.6. The van der Waals surface area contributed by atoms with Crippen LogP contribution in [0.3, 0.4) is 0 Å². The average Bonchev–Trinajstić information content (AvgIpc) is 3.34. The maximum Gasteiger partial charge on any atom is 0.220 e. The Morgan fingerprint density at radius 2 is 0.941 bits per heavy atom. The molecule has 2 fully saturated rings. The fraction of sp³-hybridized carbons (Fsp3) is 0.907. The Hall–Kier alpha value is -1.53. The zero-order valence-electron chi connectivity index (χ0n) is 42.6. The number of aliphatic hydroxyl groups is 8. The summed E-state index contributed by atoms with van der Waals surface area (Å²) in [7, 11) is 0. The van der Waals surface area contributed by atoms with Crippen LogP contribution in [-0.4, -0.2) is 140 Å². The summed E-state index contributed by atoms with van der Waals surface area (Å²) in [5.41, 5.74) is 0. The first-order chi connectivity index (χ1) is 33.1. The van der Waals surface area contributed by atoms with Gasteiger partial charge in [-0.2, -0.15) is 0 Å². The van der Waals surface area contributed by atoms with Crippen molar-refractivity contribution in [3.8, 4) is 0 Å². The molecule has 2 aliphatic heterocycles. The molecular weight excluding hydrogens is 871 g/mol. The molecule has 12 unspecified atom stereocenters. The minimum absolute atomic E-state index is 0.249. The van der Waals surface area contributed by atoms with Gasteiger partial charge in [-0.3, -0.25) is 4.79 Å². The molecule has 14 heteroatoms. The molecule has 0 saturated carbocycles. The second-order valence-corrected chi connectivity index (χ2v) is 19.7. The van der Waals surface area contributed by atoms with Gasteiger partial charge in [-0.1, -0.05) is 212 Å². The Labute approximate surface area is 411 Å². The molecule has 68 heavy (non-hydrogen) atoms. The van der Waals surface area contributed by atoms with Crippen molar-refractivity contribution >= 4 is 5.91 Å². The lowest BCUT2D eigenvalue weighted by Crippen LogP contribution is -2.65. The largest absolute Gasteiger partial charge is 0.394 e. The van der Waals surface area contributed by atoms with Gasteiger partial charge in [0.2, 0.25) is 5.91 Å². The Kier molecular flexibility index (Phi) is 37.7. The Morgan fingerprint density at radius 1 is 0.515 bits per heavy atom. The minimum Gasteiger partial charge on any atom is -0.394 e. The molecule has 2 heterocycles. The van der Waals surface area contributed by atoms with Gasteiger partial charge in [0.05, 0.1) is 32.0 Å². The standard InChI is InChI=1S/C54H101NO13/c1-3-5-7-9-11-13-14-15-16-17-18-19-20-21-22-23-24-25-26-27-28-29-30-32-34-36-38-46(59)55-42(43(58)37-35-33-31-12-10-8-6-4-2)41-65-53-51(64)49(62)52(45(40-57)67-53)68-54-50(63)48(61)47(60)44(39-56)66-54/h10,12,35,37,42-45,47-54,56-58,60-64H,3-9,11,13-34,36,38-41H2,1-2H3,(H,55,59)/b12-10+,37-35+. The van der Waals surface area contributed by atoms with Gasteiger partial charge >= 0.3 is 0 Å². The molecule has 0 aromatic rings. The lowest BCUT2D eigenvalue weighted by molar-refractivity contribution is -0.359. The summed E-state index contributed by atoms with van der Waals surface area (Å²) in [5.74, 6) is -0.249. The quantitative estimate of drug-likeness (QED) is 0.0208. The van der Waals surface area contributed by atoms with Crippen LogP contribution in [0.5, 0.6) is 0 Å². The lowest BCUT2D eigenvalue weighted by atomic mass is 9.97. The number of hydrogen-bond acceptors (Lipinski definition) is 13. The van der Waals surface area contributed by atoms with Crippen molar-refractivity contribution in [2.45, 2.75) is 293 Å². The second kappa shape index (κ2) is 41.0. The number of carbonyl (C=O) groups excluding carboxylic acids is 1. The third-order valence-corrected chi connectivity index (χ3v) is 13.6. The van der Waals surface area contributed by atoms with E-state index >= 15 is 0 Å². The van der Waals surface area contributed by atoms with Crippen molar-refractivity contribution in [1.82, 2.24) is 5.32 Å². The van der Waals surface area contributed by atoms with E-state index in [1.54, 1.807) is 6.08 Å². The van der Waals surface area contributed by atoms with Gasteiger partial charge in [-0.15, -0.1) is 0 Å². The normalized spacial score (nSPS) is 26.5. The van der Waals surface area contributed by atoms with Gasteiger partial charge in [-0.25, -0.2) is 0 Å². The molecule has 9 N–H and O–H groups in total. The summed E-state index contributed by atoms with van der Waals surface area (Å²) >= 11 is 0. The number of hydrogen-bond donors (Lipinski definition) is 9. The van der Waals surface area contributed by atoms with E-state index in [0.717, 1.165) is 44.9 Å². The van der Waals surface area contributed by atoms with Crippen molar-refractivity contribution in [2.24, 2.45) is 0 Å². The highest BCUT2D eigenvalue weighted by Crippen LogP contribution is 2.30. The Balaban J connectivity index is 1.67. The topological polar surface area (TPSA) is 228 Å². The molecule has 0 aromatic heterocycles. The van der Waals surface area contributed by atoms with Crippen LogP contribution in [0.1, 0.15) is 219 Å². The number of aliphatic hydroxyl groups excluding tert-OH is 8. The summed E-state index contributed by atoms with van der Waals surface area (Å²) < 4.78 is 22.6. The lowest BCUT2D eigenvalue weighted by Gasteiger charge is -2.46. The minimum atomic E-state index is -1.79. The maximum atomic E-state index is 13.1. The summed E-state index contributed by atoms with van der Waals surface area (Å²) in [5, 5.41) is 86.5. The first kappa shape index (κ1) is 62.6. The Bertz CT molecular complexity index is 1240. The van der Waals surface area contributed by atoms with Gasteiger partial charge in [0.15, 0.2) is 12.6 Å². The van der Waals surface area contributed by atoms with Crippen LogP contribution in [-0.2, 0) is 23.7 Å². The van der Waals surface area contributed by atoms with Crippen molar-refractivity contribution in [3.63, 3.8) is 0 Å². The first-order valence-corrected chi connectivity index (χ1v) is 27.6. The van der Waals surface area contributed by atoms with E-state index in [2.05, 4.69) is 31.3 Å². The molecule has 12 atom stereocenters. The van der Waals surface area contributed by atoms with Gasteiger partial charge < -0.3 is 65.1 Å². The van der Waals surface area contributed by atoms with Crippen molar-refractivity contribution in [3.05, 3.63) is 24.3 Å². The SMILES string of the molecule is CCCC/C=C/CC/C=C/C(O)C(COC1OC(CO)C(OC2OC(CO)C(O)C(O)C2O)C(O)C1O)NC(=O)CCCCCCCCCCCCCCCCCCCCCCCCCCCC. The van der Waals surface area contributed by atoms with E-state index in [1.165, 1.54) is 141 Å². The molecule has 0 aromatic carbocycles. The fourth-order valence-corrected chi connectivity index (χ4v) is 9.12. The van der Waals surface area contributed by atoms with Crippen LogP contribution in [0.2, 0.25) is 0 Å². The van der Waals surface area contributed by atoms with Gasteiger partial charge in [-0.05, 0) is 25.7 Å². The second-order valence-electron chi connectivity index (χ2n) is 19.7. The van der Waals surface area contributed by atoms with Gasteiger partial charge in [0.1, 0.15) is 48.8 Å². The van der Waals surface area contributed by atoms with E-state index in [4.69, 9.17) is 18.9 Å². The molecule has 14 nitrogen and oxygen atoms in total. The number of unbranched alkanes of at least 4 members (excludes halogenated alkanes) is 28. The number of amides is 1. The molecular formula is C54H101NO13. The molecule has 0 radical (unpaired) electrons. The van der Waals surface area contributed by atoms with Crippen LogP contribution < -0.4 is 5.32 Å². The van der Waals surface area contributed by atoms with Crippen LogP contribution in [0.25, 0.3) is 0 Å². The van der Waals surface area contributed by atoms with E-state index in [0.29, 0.717) is 12.8 Å². The average molecular weight is 972 g/mol. The molecule has 0 spiro atoms. The van der Waals surface area contributed by atoms with E-state index in [-0.39, 0.29) is 18.9 Å². The predicted molar refractivity (Wildman–Crippen MR) is 268 cm³/mol. The highest BCUT2D eigenvalue weighted by atomic mass is 16.7. The summed E-state index contributed by atoms with van der Waals surface area (Å²) in [6, 6.07) is -0.925. The molecule has 2 saturated heterocycles. The molecule has 400 valence electrons. The van der Waals surface area contributed by atoms with Crippen LogP contribution in [0, 0.1) is 0 Å². The van der Waals surface area contributed by atoms with E-state index in [9.17, 15) is 45.6 Å². The van der Waals surface area contributed by atoms with Crippen LogP contribution in [0.15, 0.2) is 24.3 Å². The highest BCUT2D eigenvalue weighted by molar-refractivity contribution is 5.76. The van der Waals surface area contributed by atoms with Gasteiger partial charge in [0.25, 0.3) is 0 Å². The molecule has 0 bridgehead atoms. The number of allylic oxidation sites excluding steroid dienone is 3. The van der Waals surface area contributed by atoms with Gasteiger partial charge in [0, 0.05) is 6.42 Å². The zero-order valence-corrected chi connectivity index (χ0v) is 42.6. The van der Waals surface area contributed by atoms with E-state index in [1.807, 2.05) is 6.08 Å². The van der Waals surface area contributed by atoms with Crippen molar-refractivity contribution in [1.29, 1.82) is 0 Å². The molecule has 2 aliphatic rings. The maximum absolute atomic E-state index is 13.1. The van der Waals surface area contributed by atoms with Crippen LogP contribution in [0.4, 0.5) is 0 Å². The summed E-state index contributed by atoms with van der Waals surface area (Å²) in [6.07, 6.45) is 29.8. The predicted octanol–water partition coefficient (Wildman–Crippen LogP) is 8.11. The first-order valence-electron chi connectivity index (χ1n) is 27.6. The van der Waals surface area contributed by atoms with E-state index < -0.39 is 86.8 Å². The number of rotatable bonds is 43. The monoisotopic (exact) mass is 972 g/mol. The third kappa shape index (κ3) is 27.3. The Morgan fingerprint density at radius 3 is 1.43 bits per heavy atom. The highest BCUT2D eigenvalue weighted by Gasteiger charge is 2.51. The summed E-state index contributed by atoms with van der Waals surface area (Å²) in [4.78, 5) is 13.1.